The van der Waals surface area contributed by atoms with Crippen molar-refractivity contribution < 1.29 is 4.74 Å². The number of piperidine rings is 1. The molecule has 13 heavy (non-hydrogen) atoms. The standard InChI is InChI=1S/C11H21NO/c1-10-9-12-6-4-11(10)3-2-7-13-8-5-11/h10,12H,2-9H2,1H3. The fourth-order valence-corrected chi connectivity index (χ4v) is 2.89. The molecule has 2 fully saturated rings. The van der Waals surface area contributed by atoms with Crippen LogP contribution in [0, 0.1) is 11.3 Å². The summed E-state index contributed by atoms with van der Waals surface area (Å²) in [4.78, 5) is 0. The Hall–Kier alpha value is -0.0800. The van der Waals surface area contributed by atoms with Crippen LogP contribution in [0.1, 0.15) is 32.6 Å². The summed E-state index contributed by atoms with van der Waals surface area (Å²) >= 11 is 0. The zero-order valence-corrected chi connectivity index (χ0v) is 8.64. The zero-order valence-electron chi connectivity index (χ0n) is 8.64. The molecule has 0 aromatic rings. The first-order valence-electron chi connectivity index (χ1n) is 5.62. The normalized spacial score (nSPS) is 41.8. The quantitative estimate of drug-likeness (QED) is 0.618. The molecule has 2 heteroatoms. The van der Waals surface area contributed by atoms with E-state index in [1.165, 1.54) is 38.8 Å². The average molecular weight is 183 g/mol. The van der Waals surface area contributed by atoms with Crippen LogP contribution < -0.4 is 5.32 Å². The van der Waals surface area contributed by atoms with Gasteiger partial charge >= 0.3 is 0 Å². The summed E-state index contributed by atoms with van der Waals surface area (Å²) in [6.45, 7) is 6.80. The van der Waals surface area contributed by atoms with Crippen molar-refractivity contribution in [2.75, 3.05) is 26.3 Å². The highest BCUT2D eigenvalue weighted by molar-refractivity contribution is 4.90. The summed E-state index contributed by atoms with van der Waals surface area (Å²) in [5, 5.41) is 3.49. The van der Waals surface area contributed by atoms with E-state index in [-0.39, 0.29) is 0 Å². The van der Waals surface area contributed by atoms with Gasteiger partial charge in [0.2, 0.25) is 0 Å². The molecule has 0 aliphatic carbocycles. The first-order valence-corrected chi connectivity index (χ1v) is 5.62. The van der Waals surface area contributed by atoms with Crippen LogP contribution in [0.3, 0.4) is 0 Å². The van der Waals surface area contributed by atoms with Crippen molar-refractivity contribution in [3.05, 3.63) is 0 Å². The predicted molar refractivity (Wildman–Crippen MR) is 53.8 cm³/mol. The number of hydrogen-bond donors (Lipinski definition) is 1. The molecule has 2 atom stereocenters. The van der Waals surface area contributed by atoms with Gasteiger partial charge in [-0.3, -0.25) is 0 Å². The molecule has 0 amide bonds. The summed E-state index contributed by atoms with van der Waals surface area (Å²) < 4.78 is 5.55. The van der Waals surface area contributed by atoms with Crippen LogP contribution >= 0.6 is 0 Å². The van der Waals surface area contributed by atoms with E-state index in [4.69, 9.17) is 4.74 Å². The zero-order chi connectivity index (χ0) is 9.15. The molecule has 2 saturated heterocycles. The number of rotatable bonds is 0. The van der Waals surface area contributed by atoms with E-state index in [1.54, 1.807) is 0 Å². The van der Waals surface area contributed by atoms with E-state index in [0.717, 1.165) is 19.1 Å². The van der Waals surface area contributed by atoms with Crippen molar-refractivity contribution in [1.82, 2.24) is 5.32 Å². The molecule has 1 N–H and O–H groups in total. The Morgan fingerprint density at radius 2 is 2.15 bits per heavy atom. The number of ether oxygens (including phenoxy) is 1. The van der Waals surface area contributed by atoms with Gasteiger partial charge in [0.25, 0.3) is 0 Å². The minimum absolute atomic E-state index is 0.613. The molecule has 0 bridgehead atoms. The third-order valence-electron chi connectivity index (χ3n) is 4.00. The van der Waals surface area contributed by atoms with Crippen LogP contribution in [-0.2, 0) is 4.74 Å². The molecular weight excluding hydrogens is 162 g/mol. The van der Waals surface area contributed by atoms with Gasteiger partial charge in [-0.15, -0.1) is 0 Å². The first-order chi connectivity index (χ1) is 6.33. The molecule has 0 aromatic carbocycles. The topological polar surface area (TPSA) is 21.3 Å². The maximum absolute atomic E-state index is 5.55. The van der Waals surface area contributed by atoms with Gasteiger partial charge in [-0.25, -0.2) is 0 Å². The maximum Gasteiger partial charge on any atom is 0.0471 e. The Balaban J connectivity index is 2.05. The summed E-state index contributed by atoms with van der Waals surface area (Å²) in [7, 11) is 0. The van der Waals surface area contributed by atoms with E-state index in [0.29, 0.717) is 5.41 Å². The molecule has 0 radical (unpaired) electrons. The second kappa shape index (κ2) is 3.97. The molecule has 2 heterocycles. The SMILES string of the molecule is CC1CNCCC12CCCOCC2. The van der Waals surface area contributed by atoms with E-state index in [2.05, 4.69) is 12.2 Å². The molecule has 2 nitrogen and oxygen atoms in total. The van der Waals surface area contributed by atoms with Gasteiger partial charge < -0.3 is 10.1 Å². The van der Waals surface area contributed by atoms with Gasteiger partial charge in [0.1, 0.15) is 0 Å². The summed E-state index contributed by atoms with van der Waals surface area (Å²) in [5.74, 6) is 0.836. The molecular formula is C11H21NO. The van der Waals surface area contributed by atoms with Crippen LogP contribution in [0.4, 0.5) is 0 Å². The molecule has 0 saturated carbocycles. The first kappa shape index (κ1) is 9.47. The van der Waals surface area contributed by atoms with Crippen molar-refractivity contribution in [3.63, 3.8) is 0 Å². The lowest BCUT2D eigenvalue weighted by Crippen LogP contribution is -2.44. The van der Waals surface area contributed by atoms with Gasteiger partial charge in [0.05, 0.1) is 0 Å². The second-order valence-electron chi connectivity index (χ2n) is 4.68. The Morgan fingerprint density at radius 1 is 1.23 bits per heavy atom. The fourth-order valence-electron chi connectivity index (χ4n) is 2.89. The molecule has 76 valence electrons. The lowest BCUT2D eigenvalue weighted by Gasteiger charge is -2.42. The van der Waals surface area contributed by atoms with E-state index >= 15 is 0 Å². The van der Waals surface area contributed by atoms with Gasteiger partial charge in [-0.1, -0.05) is 6.92 Å². The van der Waals surface area contributed by atoms with Gasteiger partial charge in [-0.05, 0) is 50.1 Å². The summed E-state index contributed by atoms with van der Waals surface area (Å²) in [5.41, 5.74) is 0.613. The lowest BCUT2D eigenvalue weighted by molar-refractivity contribution is 0.0804. The molecule has 2 aliphatic heterocycles. The molecule has 0 aromatic heterocycles. The van der Waals surface area contributed by atoms with Crippen LogP contribution in [0.25, 0.3) is 0 Å². The Bertz CT molecular complexity index is 161. The Morgan fingerprint density at radius 3 is 3.00 bits per heavy atom. The van der Waals surface area contributed by atoms with E-state index in [9.17, 15) is 0 Å². The largest absolute Gasteiger partial charge is 0.381 e. The lowest BCUT2D eigenvalue weighted by atomic mass is 9.67. The smallest absolute Gasteiger partial charge is 0.0471 e. The van der Waals surface area contributed by atoms with Gasteiger partial charge in [0.15, 0.2) is 0 Å². The van der Waals surface area contributed by atoms with E-state index in [1.807, 2.05) is 0 Å². The van der Waals surface area contributed by atoms with Crippen molar-refractivity contribution in [2.24, 2.45) is 11.3 Å². The maximum atomic E-state index is 5.55. The Labute approximate surface area is 81.0 Å². The van der Waals surface area contributed by atoms with Crippen LogP contribution in [0.5, 0.6) is 0 Å². The minimum Gasteiger partial charge on any atom is -0.381 e. The van der Waals surface area contributed by atoms with Crippen molar-refractivity contribution in [3.8, 4) is 0 Å². The highest BCUT2D eigenvalue weighted by Gasteiger charge is 2.38. The Kier molecular flexibility index (Phi) is 2.89. The van der Waals surface area contributed by atoms with Gasteiger partial charge in [0, 0.05) is 13.2 Å². The molecule has 1 spiro atoms. The average Bonchev–Trinajstić information content (AvgIpc) is 2.37. The number of hydrogen-bond acceptors (Lipinski definition) is 2. The van der Waals surface area contributed by atoms with Crippen molar-refractivity contribution >= 4 is 0 Å². The predicted octanol–water partition coefficient (Wildman–Crippen LogP) is 1.80. The monoisotopic (exact) mass is 183 g/mol. The van der Waals surface area contributed by atoms with Gasteiger partial charge in [-0.2, -0.15) is 0 Å². The summed E-state index contributed by atoms with van der Waals surface area (Å²) in [6.07, 6.45) is 5.30. The van der Waals surface area contributed by atoms with E-state index < -0.39 is 0 Å². The van der Waals surface area contributed by atoms with Crippen LogP contribution in [0.2, 0.25) is 0 Å². The molecule has 2 rings (SSSR count). The van der Waals surface area contributed by atoms with Crippen molar-refractivity contribution in [1.29, 1.82) is 0 Å². The molecule has 2 aliphatic rings. The third kappa shape index (κ3) is 1.89. The highest BCUT2D eigenvalue weighted by atomic mass is 16.5. The fraction of sp³-hybridized carbons (Fsp3) is 1.00. The number of nitrogens with one attached hydrogen (secondary N) is 1. The third-order valence-corrected chi connectivity index (χ3v) is 4.00. The van der Waals surface area contributed by atoms with Crippen LogP contribution in [-0.4, -0.2) is 26.3 Å². The minimum atomic E-state index is 0.613. The molecule has 2 unspecified atom stereocenters. The second-order valence-corrected chi connectivity index (χ2v) is 4.68. The van der Waals surface area contributed by atoms with Crippen molar-refractivity contribution in [2.45, 2.75) is 32.6 Å². The van der Waals surface area contributed by atoms with Crippen LogP contribution in [0.15, 0.2) is 0 Å². The highest BCUT2D eigenvalue weighted by Crippen LogP contribution is 2.42. The summed E-state index contributed by atoms with van der Waals surface area (Å²) in [6, 6.07) is 0.